The van der Waals surface area contributed by atoms with Crippen LogP contribution in [0.4, 0.5) is 5.69 Å². The molecular weight excluding hydrogens is 468 g/mol. The quantitative estimate of drug-likeness (QED) is 0.312. The number of benzene rings is 1. The van der Waals surface area contributed by atoms with E-state index in [9.17, 15) is 14.9 Å². The van der Waals surface area contributed by atoms with Gasteiger partial charge in [0.1, 0.15) is 27.6 Å². The van der Waals surface area contributed by atoms with Crippen molar-refractivity contribution in [3.63, 3.8) is 0 Å². The highest BCUT2D eigenvalue weighted by atomic mass is 32.1. The fourth-order valence-corrected chi connectivity index (χ4v) is 4.28. The largest absolute Gasteiger partial charge is 0.492 e. The average molecular weight is 497 g/mol. The second-order valence-electron chi connectivity index (χ2n) is 7.38. The number of morpholine rings is 1. The Hall–Kier alpha value is -3.57. The van der Waals surface area contributed by atoms with E-state index in [0.717, 1.165) is 55.6 Å². The molecule has 1 N–H and O–H groups in total. The van der Waals surface area contributed by atoms with Crippen LogP contribution < -0.4 is 24.8 Å². The van der Waals surface area contributed by atoms with Gasteiger partial charge < -0.3 is 19.5 Å². The smallest absolute Gasteiger partial charge is 0.357 e. The second-order valence-corrected chi connectivity index (χ2v) is 8.38. The van der Waals surface area contributed by atoms with Gasteiger partial charge in [0, 0.05) is 44.1 Å². The molecule has 9 nitrogen and oxygen atoms in total. The Kier molecular flexibility index (Phi) is 9.93. The van der Waals surface area contributed by atoms with E-state index in [0.29, 0.717) is 22.3 Å². The number of ether oxygens (including phenoxy) is 3. The van der Waals surface area contributed by atoms with Crippen molar-refractivity contribution in [3.8, 4) is 11.8 Å². The van der Waals surface area contributed by atoms with Gasteiger partial charge in [-0.2, -0.15) is 5.26 Å². The van der Waals surface area contributed by atoms with E-state index in [4.69, 9.17) is 14.2 Å². The van der Waals surface area contributed by atoms with Crippen LogP contribution in [0.3, 0.4) is 0 Å². The highest BCUT2D eigenvalue weighted by Crippen LogP contribution is 2.17. The third-order valence-corrected chi connectivity index (χ3v) is 6.09. The van der Waals surface area contributed by atoms with Gasteiger partial charge in [0.05, 0.1) is 19.8 Å². The Morgan fingerprint density at radius 3 is 2.83 bits per heavy atom. The normalized spacial score (nSPS) is 13.2. The zero-order valence-electron chi connectivity index (χ0n) is 19.8. The van der Waals surface area contributed by atoms with Gasteiger partial charge in [-0.25, -0.2) is 4.79 Å². The Balaban J connectivity index is 1.77. The van der Waals surface area contributed by atoms with Crippen LogP contribution in [0, 0.1) is 11.3 Å². The van der Waals surface area contributed by atoms with Gasteiger partial charge >= 0.3 is 5.97 Å². The molecule has 2 aromatic rings. The van der Waals surface area contributed by atoms with Gasteiger partial charge in [0.15, 0.2) is 5.57 Å². The average Bonchev–Trinajstić information content (AvgIpc) is 3.17. The second kappa shape index (κ2) is 13.4. The number of hydrogen-bond donors (Lipinski definition) is 1. The summed E-state index contributed by atoms with van der Waals surface area (Å²) in [5.41, 5.74) is 5.89. The predicted molar refractivity (Wildman–Crippen MR) is 133 cm³/mol. The molecule has 184 valence electrons. The zero-order chi connectivity index (χ0) is 25.0. The van der Waals surface area contributed by atoms with Crippen LogP contribution in [0.5, 0.6) is 5.75 Å². The van der Waals surface area contributed by atoms with Crippen molar-refractivity contribution in [1.29, 1.82) is 5.26 Å². The SMILES string of the molecule is CCOC(=O)C(=C=c1sc(=C=CNc2cccc(OCCN3CCOCC3)c2)c(=O)n1CC)C#N. The van der Waals surface area contributed by atoms with Crippen LogP contribution in [0.1, 0.15) is 13.8 Å². The number of anilines is 1. The number of carbonyl (C=O) groups is 1. The standard InChI is InChI=1S/C25H28N4O5S/c1-3-29-23(16-19(18-26)25(31)33-4-2)35-22(24(29)30)8-9-27-20-6-5-7-21(17-20)34-15-12-28-10-13-32-14-11-28/h5-7,9,17,27H,3-4,10-15H2,1-2H3. The first-order chi connectivity index (χ1) is 17.0. The molecule has 1 fully saturated rings. The number of nitrogens with one attached hydrogen (secondary N) is 1. The van der Waals surface area contributed by atoms with Crippen molar-refractivity contribution in [2.45, 2.75) is 20.4 Å². The van der Waals surface area contributed by atoms with E-state index in [2.05, 4.69) is 21.7 Å². The van der Waals surface area contributed by atoms with Crippen molar-refractivity contribution in [1.82, 2.24) is 9.47 Å². The van der Waals surface area contributed by atoms with Crippen molar-refractivity contribution in [2.24, 2.45) is 0 Å². The van der Waals surface area contributed by atoms with E-state index in [1.807, 2.05) is 24.3 Å². The number of esters is 1. The summed E-state index contributed by atoms with van der Waals surface area (Å²) in [6, 6.07) is 9.30. The molecule has 0 atom stereocenters. The van der Waals surface area contributed by atoms with E-state index < -0.39 is 5.97 Å². The number of aromatic nitrogens is 1. The van der Waals surface area contributed by atoms with Gasteiger partial charge in [-0.1, -0.05) is 28.9 Å². The summed E-state index contributed by atoms with van der Waals surface area (Å²) < 4.78 is 18.2. The van der Waals surface area contributed by atoms with Gasteiger partial charge in [-0.3, -0.25) is 14.3 Å². The van der Waals surface area contributed by atoms with Crippen LogP contribution in [-0.2, 0) is 20.8 Å². The third kappa shape index (κ3) is 7.46. The fourth-order valence-electron chi connectivity index (χ4n) is 3.29. The first-order valence-electron chi connectivity index (χ1n) is 11.4. The lowest BCUT2D eigenvalue weighted by Crippen LogP contribution is -2.38. The maximum Gasteiger partial charge on any atom is 0.357 e. The highest BCUT2D eigenvalue weighted by Gasteiger charge is 2.11. The number of hydrogen-bond acceptors (Lipinski definition) is 9. The van der Waals surface area contributed by atoms with Crippen LogP contribution >= 0.6 is 11.3 Å². The summed E-state index contributed by atoms with van der Waals surface area (Å²) in [6.07, 6.45) is 1.55. The molecule has 0 amide bonds. The van der Waals surface area contributed by atoms with Crippen LogP contribution in [0.25, 0.3) is 11.5 Å². The van der Waals surface area contributed by atoms with E-state index in [1.54, 1.807) is 26.1 Å². The molecule has 35 heavy (non-hydrogen) atoms. The van der Waals surface area contributed by atoms with Gasteiger partial charge in [0.25, 0.3) is 5.56 Å². The van der Waals surface area contributed by atoms with Crippen molar-refractivity contribution in [2.75, 3.05) is 51.4 Å². The molecule has 10 heteroatoms. The summed E-state index contributed by atoms with van der Waals surface area (Å²) in [4.78, 5) is 26.9. The summed E-state index contributed by atoms with van der Waals surface area (Å²) in [5.74, 6) is -0.0283. The van der Waals surface area contributed by atoms with Gasteiger partial charge in [-0.15, -0.1) is 0 Å². The summed E-state index contributed by atoms with van der Waals surface area (Å²) in [7, 11) is 0. The zero-order valence-corrected chi connectivity index (χ0v) is 20.7. The Morgan fingerprint density at radius 1 is 1.31 bits per heavy atom. The summed E-state index contributed by atoms with van der Waals surface area (Å²) in [5, 5.41) is 12.3. The maximum atomic E-state index is 12.7. The fraction of sp³-hybridized carbons (Fsp3) is 0.400. The maximum absolute atomic E-state index is 12.7. The van der Waals surface area contributed by atoms with Crippen LogP contribution in [-0.4, -0.2) is 61.5 Å². The molecule has 1 aromatic carbocycles. The third-order valence-electron chi connectivity index (χ3n) is 5.08. The molecule has 3 rings (SSSR count). The molecule has 0 bridgehead atoms. The minimum absolute atomic E-state index is 0.143. The van der Waals surface area contributed by atoms with Crippen LogP contribution in [0.15, 0.2) is 40.8 Å². The first kappa shape index (κ1) is 26.0. The molecule has 0 unspecified atom stereocenters. The number of rotatable bonds is 9. The highest BCUT2D eigenvalue weighted by molar-refractivity contribution is 7.07. The molecule has 1 aromatic heterocycles. The molecule has 0 saturated carbocycles. The topological polar surface area (TPSA) is 106 Å². The van der Waals surface area contributed by atoms with E-state index in [-0.39, 0.29) is 17.7 Å². The molecule has 0 aliphatic carbocycles. The summed E-state index contributed by atoms with van der Waals surface area (Å²) in [6.45, 7) is 8.74. The number of thiazole rings is 1. The van der Waals surface area contributed by atoms with Crippen molar-refractivity contribution >= 4 is 34.5 Å². The van der Waals surface area contributed by atoms with Crippen molar-refractivity contribution in [3.05, 3.63) is 55.6 Å². The lowest BCUT2D eigenvalue weighted by Gasteiger charge is -2.26. The Labute approximate surface area is 207 Å². The van der Waals surface area contributed by atoms with Crippen molar-refractivity contribution < 1.29 is 19.0 Å². The van der Waals surface area contributed by atoms with Crippen LogP contribution in [0.2, 0.25) is 0 Å². The molecule has 1 aliphatic rings. The first-order valence-corrected chi connectivity index (χ1v) is 12.2. The molecular formula is C25H28N4O5S. The van der Waals surface area contributed by atoms with Gasteiger partial charge in [-0.05, 0) is 26.0 Å². The predicted octanol–water partition coefficient (Wildman–Crippen LogP) is 1.04. The van der Waals surface area contributed by atoms with E-state index in [1.165, 1.54) is 4.57 Å². The minimum atomic E-state index is -0.770. The molecule has 2 heterocycles. The molecule has 0 radical (unpaired) electrons. The number of carbonyl (C=O) groups excluding carboxylic acids is 1. The monoisotopic (exact) mass is 496 g/mol. The lowest BCUT2D eigenvalue weighted by atomic mass is 10.3. The van der Waals surface area contributed by atoms with E-state index >= 15 is 0 Å². The van der Waals surface area contributed by atoms with Gasteiger partial charge in [0.2, 0.25) is 0 Å². The Bertz CT molecular complexity index is 1320. The summed E-state index contributed by atoms with van der Waals surface area (Å²) >= 11 is 1.09. The number of nitrogens with zero attached hydrogens (tertiary/aromatic N) is 3. The Morgan fingerprint density at radius 2 is 2.11 bits per heavy atom. The molecule has 1 saturated heterocycles. The number of nitriles is 1. The molecule has 0 spiro atoms. The molecule has 1 aliphatic heterocycles. The minimum Gasteiger partial charge on any atom is -0.492 e. The lowest BCUT2D eigenvalue weighted by molar-refractivity contribution is -0.137.